The molecule has 9 aromatic rings. The Morgan fingerprint density at radius 3 is 1.92 bits per heavy atom. The third-order valence-corrected chi connectivity index (χ3v) is 10.0. The number of hydrogen-bond acceptors (Lipinski definition) is 3. The smallest absolute Gasteiger partial charge is 0.121 e. The average Bonchev–Trinajstić information content (AvgIpc) is 3.62. The quantitative estimate of drug-likeness (QED) is 0.183. The van der Waals surface area contributed by atoms with Gasteiger partial charge in [-0.2, -0.15) is 4.80 Å². The van der Waals surface area contributed by atoms with E-state index in [0.717, 1.165) is 45.4 Å². The molecule has 0 aliphatic heterocycles. The predicted molar refractivity (Wildman–Crippen MR) is 203 cm³/mol. The molecule has 4 heteroatoms. The van der Waals surface area contributed by atoms with Crippen LogP contribution >= 0.6 is 0 Å². The first-order valence-electron chi connectivity index (χ1n) is 16.8. The van der Waals surface area contributed by atoms with Crippen LogP contribution in [0.2, 0.25) is 0 Å². The van der Waals surface area contributed by atoms with E-state index in [1.165, 1.54) is 48.7 Å². The largest absolute Gasteiger partial charge is 0.264 e. The van der Waals surface area contributed by atoms with Gasteiger partial charge in [0.2, 0.25) is 0 Å². The Kier molecular flexibility index (Phi) is 6.28. The highest BCUT2D eigenvalue weighted by Gasteiger charge is 2.18. The van der Waals surface area contributed by atoms with Gasteiger partial charge in [-0.3, -0.25) is 4.98 Å². The van der Waals surface area contributed by atoms with Crippen molar-refractivity contribution in [2.24, 2.45) is 0 Å². The molecule has 2 aromatic heterocycles. The van der Waals surface area contributed by atoms with E-state index >= 15 is 0 Å². The zero-order valence-electron chi connectivity index (χ0n) is 26.7. The summed E-state index contributed by atoms with van der Waals surface area (Å²) in [6.45, 7) is 0. The number of aromatic nitrogens is 4. The average molecular weight is 627 g/mol. The molecule has 0 bridgehead atoms. The van der Waals surface area contributed by atoms with Gasteiger partial charge in [0, 0.05) is 23.9 Å². The van der Waals surface area contributed by atoms with Crippen LogP contribution in [0.1, 0.15) is 17.9 Å². The van der Waals surface area contributed by atoms with E-state index in [2.05, 4.69) is 151 Å². The maximum absolute atomic E-state index is 5.13. The van der Waals surface area contributed by atoms with Crippen molar-refractivity contribution < 1.29 is 0 Å². The lowest BCUT2D eigenvalue weighted by molar-refractivity contribution is 0.766. The lowest BCUT2D eigenvalue weighted by atomic mass is 9.93. The number of nitrogens with zero attached hydrogens (tertiary/aromatic N) is 4. The fourth-order valence-electron chi connectivity index (χ4n) is 7.49. The zero-order chi connectivity index (χ0) is 32.3. The van der Waals surface area contributed by atoms with Crippen LogP contribution in [-0.2, 0) is 0 Å². The van der Waals surface area contributed by atoms with E-state index in [4.69, 9.17) is 10.2 Å². The van der Waals surface area contributed by atoms with Gasteiger partial charge in [-0.1, -0.05) is 115 Å². The van der Waals surface area contributed by atoms with Crippen molar-refractivity contribution in [3.05, 3.63) is 170 Å². The van der Waals surface area contributed by atoms with Crippen molar-refractivity contribution in [2.45, 2.75) is 12.3 Å². The van der Waals surface area contributed by atoms with Crippen LogP contribution in [0.15, 0.2) is 164 Å². The molecule has 0 amide bonds. The van der Waals surface area contributed by atoms with Gasteiger partial charge in [-0.15, -0.1) is 10.2 Å². The fraction of sp³-hybridized carbons (Fsp3) is 0.0444. The molecule has 0 fully saturated rings. The number of pyridine rings is 1. The molecule has 1 unspecified atom stereocenters. The van der Waals surface area contributed by atoms with Gasteiger partial charge in [0.05, 0.1) is 5.70 Å². The molecule has 4 nitrogen and oxygen atoms in total. The molecule has 7 aromatic carbocycles. The highest BCUT2D eigenvalue weighted by molar-refractivity contribution is 6.10. The van der Waals surface area contributed by atoms with E-state index in [9.17, 15) is 0 Å². The minimum atomic E-state index is 0.295. The second-order valence-corrected chi connectivity index (χ2v) is 12.9. The van der Waals surface area contributed by atoms with Crippen LogP contribution in [0.25, 0.3) is 82.1 Å². The third kappa shape index (κ3) is 4.72. The van der Waals surface area contributed by atoms with Crippen molar-refractivity contribution in [3.8, 4) is 22.3 Å². The molecule has 49 heavy (non-hydrogen) atoms. The van der Waals surface area contributed by atoms with E-state index in [-0.39, 0.29) is 0 Å². The Bertz CT molecular complexity index is 2810. The summed E-state index contributed by atoms with van der Waals surface area (Å²) in [5.41, 5.74) is 8.42. The maximum atomic E-state index is 5.13. The molecule has 10 rings (SSSR count). The molecule has 1 atom stereocenters. The standard InChI is InChI=1S/C45H30N4/c1-3-9-39-30(6-1)11-13-33-24-32(17-21-41(33)39)37-26-43(35-18-22-42-34(25-35)14-12-31-7-2-4-10-40(31)42)45-44(27-37)47-49(48-45)38-19-15-29(16-20-38)36-8-5-23-46-28-36/h1-15,17-29H,16H2. The highest BCUT2D eigenvalue weighted by atomic mass is 15.5. The van der Waals surface area contributed by atoms with Crippen molar-refractivity contribution in [3.63, 3.8) is 0 Å². The van der Waals surface area contributed by atoms with Crippen LogP contribution in [0, 0.1) is 0 Å². The Labute approximate surface area is 283 Å². The molecule has 0 N–H and O–H groups in total. The van der Waals surface area contributed by atoms with Gasteiger partial charge in [0.1, 0.15) is 11.0 Å². The fourth-order valence-corrected chi connectivity index (χ4v) is 7.49. The van der Waals surface area contributed by atoms with Crippen LogP contribution < -0.4 is 0 Å². The van der Waals surface area contributed by atoms with E-state index in [0.29, 0.717) is 5.92 Å². The SMILES string of the molecule is C1=CC(c2cccnc2)CC=C1n1nc2cc(-c3ccc4c(ccc5ccccc54)c3)cc(-c3ccc4c(ccc5ccccc54)c3)c2n1. The molecule has 1 aliphatic rings. The summed E-state index contributed by atoms with van der Waals surface area (Å²) >= 11 is 0. The topological polar surface area (TPSA) is 43.6 Å². The Hall–Kier alpha value is -6.39. The number of allylic oxidation sites excluding steroid dienone is 4. The zero-order valence-corrected chi connectivity index (χ0v) is 26.7. The molecular weight excluding hydrogens is 597 g/mol. The number of rotatable bonds is 4. The normalized spacial score (nSPS) is 14.7. The van der Waals surface area contributed by atoms with Crippen molar-refractivity contribution in [1.82, 2.24) is 20.0 Å². The van der Waals surface area contributed by atoms with Crippen molar-refractivity contribution in [2.75, 3.05) is 0 Å². The predicted octanol–water partition coefficient (Wildman–Crippen LogP) is 11.4. The number of benzene rings is 7. The summed E-state index contributed by atoms with van der Waals surface area (Å²) in [5.74, 6) is 0.295. The van der Waals surface area contributed by atoms with Gasteiger partial charge < -0.3 is 0 Å². The Balaban J connectivity index is 1.13. The summed E-state index contributed by atoms with van der Waals surface area (Å²) in [6.07, 6.45) is 11.2. The highest BCUT2D eigenvalue weighted by Crippen LogP contribution is 2.38. The van der Waals surface area contributed by atoms with Crippen LogP contribution in [0.3, 0.4) is 0 Å². The van der Waals surface area contributed by atoms with Crippen LogP contribution in [-0.4, -0.2) is 20.0 Å². The molecule has 0 saturated heterocycles. The van der Waals surface area contributed by atoms with Crippen LogP contribution in [0.4, 0.5) is 0 Å². The molecule has 2 heterocycles. The second-order valence-electron chi connectivity index (χ2n) is 12.9. The summed E-state index contributed by atoms with van der Waals surface area (Å²) in [4.78, 5) is 6.12. The van der Waals surface area contributed by atoms with Crippen molar-refractivity contribution >= 4 is 59.8 Å². The molecule has 1 aliphatic carbocycles. The molecule has 230 valence electrons. The van der Waals surface area contributed by atoms with Gasteiger partial charge in [0.25, 0.3) is 0 Å². The number of fused-ring (bicyclic) bond motifs is 7. The lowest BCUT2D eigenvalue weighted by Crippen LogP contribution is -2.05. The van der Waals surface area contributed by atoms with E-state index in [1.807, 2.05) is 18.5 Å². The minimum Gasteiger partial charge on any atom is -0.264 e. The Morgan fingerprint density at radius 1 is 0.551 bits per heavy atom. The Morgan fingerprint density at radius 2 is 1.22 bits per heavy atom. The first kappa shape index (κ1) is 27.7. The minimum absolute atomic E-state index is 0.295. The van der Waals surface area contributed by atoms with Crippen LogP contribution in [0.5, 0.6) is 0 Å². The van der Waals surface area contributed by atoms with Gasteiger partial charge in [0.15, 0.2) is 0 Å². The summed E-state index contributed by atoms with van der Waals surface area (Å²) < 4.78 is 0. The van der Waals surface area contributed by atoms with Gasteiger partial charge >= 0.3 is 0 Å². The maximum Gasteiger partial charge on any atom is 0.121 e. The second kappa shape index (κ2) is 11.1. The molecular formula is C45H30N4. The van der Waals surface area contributed by atoms with Gasteiger partial charge in [-0.05, 0) is 108 Å². The van der Waals surface area contributed by atoms with Gasteiger partial charge in [-0.25, -0.2) is 0 Å². The first-order valence-corrected chi connectivity index (χ1v) is 16.8. The van der Waals surface area contributed by atoms with E-state index in [1.54, 1.807) is 4.80 Å². The molecule has 0 radical (unpaired) electrons. The monoisotopic (exact) mass is 626 g/mol. The number of hydrogen-bond donors (Lipinski definition) is 0. The first-order chi connectivity index (χ1) is 24.2. The third-order valence-electron chi connectivity index (χ3n) is 10.0. The summed E-state index contributed by atoms with van der Waals surface area (Å²) in [5, 5.41) is 20.2. The molecule has 0 spiro atoms. The lowest BCUT2D eigenvalue weighted by Gasteiger charge is -2.15. The van der Waals surface area contributed by atoms with E-state index < -0.39 is 0 Å². The summed E-state index contributed by atoms with van der Waals surface area (Å²) in [7, 11) is 0. The summed E-state index contributed by atoms with van der Waals surface area (Å²) in [6, 6.07) is 48.2. The van der Waals surface area contributed by atoms with Crippen molar-refractivity contribution in [1.29, 1.82) is 0 Å². The molecule has 0 saturated carbocycles.